The SMILES string of the molecule is C[C@H]1CCc2c(sc(NC(=O)COC(=O)Cc3noc4ccccc34)c2C#N)C1. The summed E-state index contributed by atoms with van der Waals surface area (Å²) in [5, 5.41) is 17.4. The Hall–Kier alpha value is -3.18. The molecule has 2 aromatic heterocycles. The summed E-state index contributed by atoms with van der Waals surface area (Å²) in [4.78, 5) is 25.5. The van der Waals surface area contributed by atoms with Crippen LogP contribution in [0.2, 0.25) is 0 Å². The molecule has 7 nitrogen and oxygen atoms in total. The summed E-state index contributed by atoms with van der Waals surface area (Å²) in [6.07, 6.45) is 2.73. The van der Waals surface area contributed by atoms with Crippen LogP contribution in [0, 0.1) is 17.2 Å². The summed E-state index contributed by atoms with van der Waals surface area (Å²) in [5.74, 6) is -0.463. The lowest BCUT2D eigenvalue weighted by molar-refractivity contribution is -0.146. The van der Waals surface area contributed by atoms with E-state index in [1.54, 1.807) is 6.07 Å². The van der Waals surface area contributed by atoms with E-state index in [2.05, 4.69) is 23.5 Å². The van der Waals surface area contributed by atoms with Gasteiger partial charge in [0.15, 0.2) is 12.2 Å². The van der Waals surface area contributed by atoms with Crippen LogP contribution in [-0.4, -0.2) is 23.6 Å². The van der Waals surface area contributed by atoms with Crippen molar-refractivity contribution < 1.29 is 18.8 Å². The fourth-order valence-corrected chi connectivity index (χ4v) is 4.90. The summed E-state index contributed by atoms with van der Waals surface area (Å²) in [7, 11) is 0. The van der Waals surface area contributed by atoms with E-state index in [9.17, 15) is 14.9 Å². The number of fused-ring (bicyclic) bond motifs is 2. The largest absolute Gasteiger partial charge is 0.455 e. The fraction of sp³-hybridized carbons (Fsp3) is 0.333. The van der Waals surface area contributed by atoms with E-state index in [0.717, 1.165) is 35.1 Å². The van der Waals surface area contributed by atoms with Gasteiger partial charge in [-0.15, -0.1) is 11.3 Å². The molecule has 0 spiro atoms. The monoisotopic (exact) mass is 409 g/mol. The molecule has 8 heteroatoms. The van der Waals surface area contributed by atoms with Gasteiger partial charge in [-0.1, -0.05) is 24.2 Å². The highest BCUT2D eigenvalue weighted by Gasteiger charge is 2.25. The lowest BCUT2D eigenvalue weighted by atomic mass is 9.89. The molecule has 1 aliphatic rings. The minimum absolute atomic E-state index is 0.0844. The third kappa shape index (κ3) is 4.00. The van der Waals surface area contributed by atoms with E-state index in [1.165, 1.54) is 11.3 Å². The van der Waals surface area contributed by atoms with E-state index < -0.39 is 18.5 Å². The standard InChI is InChI=1S/C21H19N3O4S/c1-12-6-7-13-15(10-22)21(29-18(13)8-12)23-19(25)11-27-20(26)9-16-14-4-2-3-5-17(14)28-24-16/h2-5,12H,6-9,11H2,1H3,(H,23,25)/t12-/m0/s1. The maximum atomic E-state index is 12.3. The normalized spacial score (nSPS) is 15.5. The van der Waals surface area contributed by atoms with Crippen LogP contribution in [0.3, 0.4) is 0 Å². The minimum Gasteiger partial charge on any atom is -0.455 e. The van der Waals surface area contributed by atoms with Gasteiger partial charge >= 0.3 is 5.97 Å². The van der Waals surface area contributed by atoms with Crippen LogP contribution in [0.25, 0.3) is 11.0 Å². The van der Waals surface area contributed by atoms with Crippen LogP contribution < -0.4 is 5.32 Å². The van der Waals surface area contributed by atoms with E-state index in [0.29, 0.717) is 27.8 Å². The topological polar surface area (TPSA) is 105 Å². The second-order valence-electron chi connectivity index (χ2n) is 7.18. The molecule has 0 saturated carbocycles. The van der Waals surface area contributed by atoms with Crippen molar-refractivity contribution in [2.24, 2.45) is 5.92 Å². The summed E-state index contributed by atoms with van der Waals surface area (Å²) >= 11 is 1.44. The quantitative estimate of drug-likeness (QED) is 0.646. The molecular formula is C21H19N3O4S. The predicted octanol–water partition coefficient (Wildman–Crippen LogP) is 3.61. The molecule has 0 bridgehead atoms. The molecule has 3 aromatic rings. The van der Waals surface area contributed by atoms with Crippen molar-refractivity contribution in [2.75, 3.05) is 11.9 Å². The lowest BCUT2D eigenvalue weighted by Crippen LogP contribution is -2.21. The number of rotatable bonds is 5. The molecular weight excluding hydrogens is 390 g/mol. The number of ether oxygens (including phenoxy) is 1. The number of nitrogens with zero attached hydrogens (tertiary/aromatic N) is 2. The minimum atomic E-state index is -0.570. The van der Waals surface area contributed by atoms with E-state index in [-0.39, 0.29) is 6.42 Å². The number of thiophene rings is 1. The Kier molecular flexibility index (Phi) is 5.32. The maximum Gasteiger partial charge on any atom is 0.312 e. The third-order valence-electron chi connectivity index (χ3n) is 5.00. The van der Waals surface area contributed by atoms with Gasteiger partial charge in [-0.3, -0.25) is 9.59 Å². The molecule has 0 saturated heterocycles. The molecule has 1 N–H and O–H groups in total. The summed E-state index contributed by atoms with van der Waals surface area (Å²) in [5.41, 5.74) is 2.64. The Morgan fingerprint density at radius 2 is 2.24 bits per heavy atom. The van der Waals surface area contributed by atoms with Crippen molar-refractivity contribution in [3.63, 3.8) is 0 Å². The van der Waals surface area contributed by atoms with Crippen LogP contribution in [0.4, 0.5) is 5.00 Å². The number of carbonyl (C=O) groups is 2. The van der Waals surface area contributed by atoms with Gasteiger partial charge in [-0.25, -0.2) is 0 Å². The highest BCUT2D eigenvalue weighted by molar-refractivity contribution is 7.16. The number of benzene rings is 1. The zero-order valence-corrected chi connectivity index (χ0v) is 16.7. The molecule has 0 fully saturated rings. The number of esters is 1. The highest BCUT2D eigenvalue weighted by Crippen LogP contribution is 2.39. The summed E-state index contributed by atoms with van der Waals surface area (Å²) in [6.45, 7) is 1.77. The molecule has 4 rings (SSSR count). The number of hydrogen-bond donors (Lipinski definition) is 1. The first-order chi connectivity index (χ1) is 14.0. The Bertz CT molecular complexity index is 1120. The van der Waals surface area contributed by atoms with Gasteiger partial charge < -0.3 is 14.6 Å². The summed E-state index contributed by atoms with van der Waals surface area (Å²) in [6, 6.07) is 9.42. The second kappa shape index (κ2) is 8.05. The smallest absolute Gasteiger partial charge is 0.312 e. The van der Waals surface area contributed by atoms with Gasteiger partial charge in [0.1, 0.15) is 16.8 Å². The van der Waals surface area contributed by atoms with Gasteiger partial charge in [0.05, 0.1) is 12.0 Å². The Morgan fingerprint density at radius 3 is 3.07 bits per heavy atom. The van der Waals surface area contributed by atoms with E-state index >= 15 is 0 Å². The van der Waals surface area contributed by atoms with Crippen molar-refractivity contribution in [3.8, 4) is 6.07 Å². The molecule has 0 unspecified atom stereocenters. The first-order valence-electron chi connectivity index (χ1n) is 9.38. The van der Waals surface area contributed by atoms with Crippen molar-refractivity contribution in [2.45, 2.75) is 32.6 Å². The van der Waals surface area contributed by atoms with Crippen molar-refractivity contribution in [1.29, 1.82) is 5.26 Å². The number of aromatic nitrogens is 1. The molecule has 0 aliphatic heterocycles. The Balaban J connectivity index is 1.36. The molecule has 1 aliphatic carbocycles. The van der Waals surface area contributed by atoms with E-state index in [4.69, 9.17) is 9.26 Å². The highest BCUT2D eigenvalue weighted by atomic mass is 32.1. The first kappa shape index (κ1) is 19.2. The second-order valence-corrected chi connectivity index (χ2v) is 8.28. The third-order valence-corrected chi connectivity index (χ3v) is 6.17. The zero-order chi connectivity index (χ0) is 20.4. The van der Waals surface area contributed by atoms with E-state index in [1.807, 2.05) is 18.2 Å². The van der Waals surface area contributed by atoms with Gasteiger partial charge in [0, 0.05) is 10.3 Å². The number of amides is 1. The van der Waals surface area contributed by atoms with Crippen LogP contribution in [0.15, 0.2) is 28.8 Å². The fourth-order valence-electron chi connectivity index (χ4n) is 3.52. The summed E-state index contributed by atoms with van der Waals surface area (Å²) < 4.78 is 10.2. The van der Waals surface area contributed by atoms with Crippen molar-refractivity contribution in [3.05, 3.63) is 46.0 Å². The van der Waals surface area contributed by atoms with Gasteiger partial charge in [0.2, 0.25) is 0 Å². The number of nitrogens with one attached hydrogen (secondary N) is 1. The molecule has 148 valence electrons. The lowest BCUT2D eigenvalue weighted by Gasteiger charge is -2.17. The predicted molar refractivity (Wildman–Crippen MR) is 108 cm³/mol. The van der Waals surface area contributed by atoms with Gasteiger partial charge in [-0.2, -0.15) is 5.26 Å². The Morgan fingerprint density at radius 1 is 1.41 bits per heavy atom. The van der Waals surface area contributed by atoms with Crippen LogP contribution in [-0.2, 0) is 33.6 Å². The number of anilines is 1. The van der Waals surface area contributed by atoms with Crippen LogP contribution >= 0.6 is 11.3 Å². The molecule has 1 aromatic carbocycles. The molecule has 29 heavy (non-hydrogen) atoms. The number of carbonyl (C=O) groups excluding carboxylic acids is 2. The van der Waals surface area contributed by atoms with Gasteiger partial charge in [-0.05, 0) is 42.9 Å². The van der Waals surface area contributed by atoms with Crippen LogP contribution in [0.5, 0.6) is 0 Å². The average Bonchev–Trinajstić information content (AvgIpc) is 3.26. The average molecular weight is 409 g/mol. The first-order valence-corrected chi connectivity index (χ1v) is 10.2. The number of hydrogen-bond acceptors (Lipinski definition) is 7. The molecule has 2 heterocycles. The Labute approximate surface area is 171 Å². The van der Waals surface area contributed by atoms with Crippen LogP contribution in [0.1, 0.15) is 35.0 Å². The number of nitriles is 1. The van der Waals surface area contributed by atoms with Gasteiger partial charge in [0.25, 0.3) is 5.91 Å². The van der Waals surface area contributed by atoms with Crippen molar-refractivity contribution >= 4 is 39.2 Å². The zero-order valence-electron chi connectivity index (χ0n) is 15.9. The number of para-hydroxylation sites is 1. The maximum absolute atomic E-state index is 12.3. The molecule has 1 amide bonds. The van der Waals surface area contributed by atoms with Crippen molar-refractivity contribution in [1.82, 2.24) is 5.16 Å². The molecule has 0 radical (unpaired) electrons. The molecule has 1 atom stereocenters.